The molecule has 192 valence electrons. The van der Waals surface area contributed by atoms with Crippen LogP contribution < -0.4 is 10.6 Å². The molecule has 1 atom stereocenters. The molecule has 2 aromatic carbocycles. The van der Waals surface area contributed by atoms with Crippen LogP contribution in [0.25, 0.3) is 0 Å². The number of hydrogen-bond acceptors (Lipinski definition) is 4. The van der Waals surface area contributed by atoms with Gasteiger partial charge in [-0.3, -0.25) is 9.59 Å². The van der Waals surface area contributed by atoms with Crippen molar-refractivity contribution in [2.75, 3.05) is 23.7 Å². The largest absolute Gasteiger partial charge is 0.384 e. The number of hydrogen-bond donors (Lipinski definition) is 2. The van der Waals surface area contributed by atoms with Crippen molar-refractivity contribution in [3.63, 3.8) is 0 Å². The average molecular weight is 487 g/mol. The molecule has 0 heterocycles. The Morgan fingerprint density at radius 2 is 1.39 bits per heavy atom. The van der Waals surface area contributed by atoms with Gasteiger partial charge in [0.05, 0.1) is 11.1 Å². The molecule has 4 heteroatoms. The molecule has 0 fully saturated rings. The summed E-state index contributed by atoms with van der Waals surface area (Å²) < 4.78 is 0. The molecule has 2 aromatic rings. The number of carbonyl (C=O) groups excluding carboxylic acids is 2. The fourth-order valence-electron chi connectivity index (χ4n) is 4.73. The summed E-state index contributed by atoms with van der Waals surface area (Å²) in [6, 6.07) is 10.9. The zero-order valence-corrected chi connectivity index (χ0v) is 22.5. The highest BCUT2D eigenvalue weighted by atomic mass is 16.1. The Hall–Kier alpha value is -3.14. The van der Waals surface area contributed by atoms with Gasteiger partial charge in [0.1, 0.15) is 0 Å². The van der Waals surface area contributed by atoms with Crippen LogP contribution in [0.3, 0.4) is 0 Å². The Morgan fingerprint density at radius 3 is 1.78 bits per heavy atom. The topological polar surface area (TPSA) is 58.2 Å². The summed E-state index contributed by atoms with van der Waals surface area (Å²) in [5.74, 6) is 0.616. The Morgan fingerprint density at radius 1 is 0.889 bits per heavy atom. The summed E-state index contributed by atoms with van der Waals surface area (Å²) >= 11 is 0. The van der Waals surface area contributed by atoms with Gasteiger partial charge >= 0.3 is 0 Å². The first-order chi connectivity index (χ1) is 17.4. The SMILES string of the molecule is C=C(C)C1CC=C(C)CC1.CCCCNc1ccc(NCCCC)c2c1C(=O)c1ccccc1C2=O. The van der Waals surface area contributed by atoms with Gasteiger partial charge in [0.2, 0.25) is 0 Å². The fourth-order valence-corrected chi connectivity index (χ4v) is 4.73. The van der Waals surface area contributed by atoms with E-state index in [1.807, 2.05) is 24.3 Å². The lowest BCUT2D eigenvalue weighted by atomic mass is 9.82. The van der Waals surface area contributed by atoms with Crippen molar-refractivity contribution in [3.05, 3.63) is 82.5 Å². The van der Waals surface area contributed by atoms with Gasteiger partial charge in [-0.15, -0.1) is 0 Å². The van der Waals surface area contributed by atoms with E-state index in [1.54, 1.807) is 17.7 Å². The van der Waals surface area contributed by atoms with E-state index in [9.17, 15) is 9.59 Å². The van der Waals surface area contributed by atoms with E-state index in [1.165, 1.54) is 24.8 Å². The highest BCUT2D eigenvalue weighted by molar-refractivity contribution is 6.31. The molecule has 36 heavy (non-hydrogen) atoms. The van der Waals surface area contributed by atoms with Crippen molar-refractivity contribution in [3.8, 4) is 0 Å². The summed E-state index contributed by atoms with van der Waals surface area (Å²) in [6.07, 6.45) is 10.3. The number of benzene rings is 2. The highest BCUT2D eigenvalue weighted by Gasteiger charge is 2.33. The summed E-state index contributed by atoms with van der Waals surface area (Å²) in [5, 5.41) is 6.70. The second-order valence-electron chi connectivity index (χ2n) is 10.0. The standard InChI is InChI=1S/C22H26N2O2.C10H16/c1-3-5-13-23-17-11-12-18(24-14-6-4-2)20-19(17)21(25)15-9-7-8-10-16(15)22(20)26;1-8(2)10-6-4-9(3)5-7-10/h7-12,23-24H,3-6,13-14H2,1-2H3;4,10H,1,5-7H2,2-3H3. The number of carbonyl (C=O) groups is 2. The molecule has 4 rings (SSSR count). The van der Waals surface area contributed by atoms with Crippen molar-refractivity contribution < 1.29 is 9.59 Å². The maximum absolute atomic E-state index is 13.2. The predicted octanol–water partition coefficient (Wildman–Crippen LogP) is 8.19. The van der Waals surface area contributed by atoms with Gasteiger partial charge in [-0.2, -0.15) is 0 Å². The van der Waals surface area contributed by atoms with Crippen molar-refractivity contribution in [2.45, 2.75) is 72.6 Å². The van der Waals surface area contributed by atoms with Crippen molar-refractivity contribution in [1.82, 2.24) is 0 Å². The van der Waals surface area contributed by atoms with Gasteiger partial charge in [0, 0.05) is 35.6 Å². The van der Waals surface area contributed by atoms with Crippen LogP contribution in [-0.4, -0.2) is 24.7 Å². The lowest BCUT2D eigenvalue weighted by Crippen LogP contribution is -2.24. The lowest BCUT2D eigenvalue weighted by Gasteiger charge is -2.24. The molecule has 0 bridgehead atoms. The third kappa shape index (κ3) is 6.54. The highest BCUT2D eigenvalue weighted by Crippen LogP contribution is 2.36. The smallest absolute Gasteiger partial charge is 0.196 e. The molecule has 0 radical (unpaired) electrons. The zero-order chi connectivity index (χ0) is 26.1. The number of fused-ring (bicyclic) bond motifs is 2. The molecule has 4 nitrogen and oxygen atoms in total. The molecule has 2 aliphatic rings. The Balaban J connectivity index is 0.000000303. The van der Waals surface area contributed by atoms with Crippen LogP contribution in [0, 0.1) is 5.92 Å². The first-order valence-electron chi connectivity index (χ1n) is 13.5. The molecule has 0 aliphatic heterocycles. The van der Waals surface area contributed by atoms with Gasteiger partial charge in [-0.05, 0) is 64.0 Å². The monoisotopic (exact) mass is 486 g/mol. The van der Waals surface area contributed by atoms with Gasteiger partial charge in [-0.1, -0.05) is 74.8 Å². The summed E-state index contributed by atoms with van der Waals surface area (Å²) in [6.45, 7) is 14.2. The predicted molar refractivity (Wildman–Crippen MR) is 152 cm³/mol. The molecule has 0 saturated heterocycles. The molecular formula is C32H42N2O2. The van der Waals surface area contributed by atoms with Crippen LogP contribution in [0.5, 0.6) is 0 Å². The molecule has 2 aliphatic carbocycles. The second kappa shape index (κ2) is 13.2. The van der Waals surface area contributed by atoms with Crippen LogP contribution in [0.1, 0.15) is 104 Å². The second-order valence-corrected chi connectivity index (χ2v) is 10.0. The number of allylic oxidation sites excluding steroid dienone is 3. The number of rotatable bonds is 9. The van der Waals surface area contributed by atoms with E-state index in [0.29, 0.717) is 22.3 Å². The van der Waals surface area contributed by atoms with E-state index in [4.69, 9.17) is 0 Å². The van der Waals surface area contributed by atoms with E-state index >= 15 is 0 Å². The third-order valence-electron chi connectivity index (χ3n) is 7.10. The fraction of sp³-hybridized carbons (Fsp3) is 0.438. The van der Waals surface area contributed by atoms with Gasteiger partial charge in [0.15, 0.2) is 11.6 Å². The Bertz CT molecular complexity index is 1060. The minimum atomic E-state index is -0.0756. The quantitative estimate of drug-likeness (QED) is 0.236. The van der Waals surface area contributed by atoms with Crippen LogP contribution in [-0.2, 0) is 0 Å². The van der Waals surface area contributed by atoms with Crippen LogP contribution in [0.15, 0.2) is 60.2 Å². The van der Waals surface area contributed by atoms with Gasteiger partial charge < -0.3 is 10.6 Å². The number of unbranched alkanes of at least 4 members (excludes halogenated alkanes) is 2. The lowest BCUT2D eigenvalue weighted by molar-refractivity contribution is 0.0980. The molecule has 0 amide bonds. The Kier molecular flexibility index (Phi) is 10.1. The van der Waals surface area contributed by atoms with E-state index in [2.05, 4.69) is 51.0 Å². The average Bonchev–Trinajstić information content (AvgIpc) is 2.88. The number of nitrogens with one attached hydrogen (secondary N) is 2. The van der Waals surface area contributed by atoms with Crippen molar-refractivity contribution >= 4 is 22.9 Å². The first kappa shape index (κ1) is 27.4. The molecule has 1 unspecified atom stereocenters. The summed E-state index contributed by atoms with van der Waals surface area (Å²) in [4.78, 5) is 26.3. The van der Waals surface area contributed by atoms with Crippen LogP contribution in [0.4, 0.5) is 11.4 Å². The molecular weight excluding hydrogens is 444 g/mol. The Labute approximate surface area is 217 Å². The van der Waals surface area contributed by atoms with Gasteiger partial charge in [-0.25, -0.2) is 0 Å². The first-order valence-corrected chi connectivity index (χ1v) is 13.5. The van der Waals surface area contributed by atoms with Gasteiger partial charge in [0.25, 0.3) is 0 Å². The molecule has 0 saturated carbocycles. The third-order valence-corrected chi connectivity index (χ3v) is 7.10. The van der Waals surface area contributed by atoms with Crippen molar-refractivity contribution in [1.29, 1.82) is 0 Å². The number of ketones is 2. The summed E-state index contributed by atoms with van der Waals surface area (Å²) in [5.41, 5.74) is 6.41. The molecule has 0 aromatic heterocycles. The van der Waals surface area contributed by atoms with E-state index in [-0.39, 0.29) is 11.6 Å². The van der Waals surface area contributed by atoms with Crippen molar-refractivity contribution in [2.24, 2.45) is 5.92 Å². The normalized spacial score (nSPS) is 16.2. The van der Waals surface area contributed by atoms with E-state index < -0.39 is 0 Å². The summed E-state index contributed by atoms with van der Waals surface area (Å²) in [7, 11) is 0. The maximum atomic E-state index is 13.2. The van der Waals surface area contributed by atoms with Crippen LogP contribution in [0.2, 0.25) is 0 Å². The van der Waals surface area contributed by atoms with Crippen LogP contribution >= 0.6 is 0 Å². The molecule has 0 spiro atoms. The minimum absolute atomic E-state index is 0.0756. The maximum Gasteiger partial charge on any atom is 0.196 e. The zero-order valence-electron chi connectivity index (χ0n) is 22.5. The minimum Gasteiger partial charge on any atom is -0.384 e. The van der Waals surface area contributed by atoms with E-state index in [0.717, 1.165) is 56.1 Å². The molecule has 2 N–H and O–H groups in total. The number of anilines is 2.